The fourth-order valence-electron chi connectivity index (χ4n) is 3.67. The van der Waals surface area contributed by atoms with Crippen LogP contribution >= 0.6 is 11.3 Å². The maximum absolute atomic E-state index is 12.4. The Morgan fingerprint density at radius 3 is 2.14 bits per heavy atom. The summed E-state index contributed by atoms with van der Waals surface area (Å²) in [5, 5.41) is 6.50. The number of amides is 2. The Bertz CT molecular complexity index is 1320. The molecule has 6 heteroatoms. The van der Waals surface area contributed by atoms with Crippen molar-refractivity contribution >= 4 is 28.8 Å². The van der Waals surface area contributed by atoms with E-state index in [4.69, 9.17) is 4.98 Å². The van der Waals surface area contributed by atoms with Crippen LogP contribution in [0.1, 0.15) is 41.6 Å². The molecule has 0 unspecified atom stereocenters. The van der Waals surface area contributed by atoms with Crippen LogP contribution in [0, 0.1) is 6.92 Å². The van der Waals surface area contributed by atoms with Crippen molar-refractivity contribution in [2.45, 2.75) is 33.1 Å². The molecular formula is C29H29N3O2S. The lowest BCUT2D eigenvalue weighted by molar-refractivity contribution is -0.115. The normalized spacial score (nSPS) is 11.2. The standard InChI is InChI=1S/C29H29N3O2S/c1-19-26(32-28(35-19)22-8-6-5-7-9-22)20-12-16-24(17-13-20)31-25(33)18-30-27(34)21-10-14-23(15-11-21)29(2,3)4/h5-17H,18H2,1-4H3,(H,30,34)(H,31,33). The van der Waals surface area contributed by atoms with Crippen molar-refractivity contribution < 1.29 is 9.59 Å². The highest BCUT2D eigenvalue weighted by molar-refractivity contribution is 7.15. The zero-order valence-electron chi connectivity index (χ0n) is 20.4. The Balaban J connectivity index is 1.34. The van der Waals surface area contributed by atoms with Gasteiger partial charge in [-0.3, -0.25) is 9.59 Å². The van der Waals surface area contributed by atoms with E-state index in [2.05, 4.69) is 50.5 Å². The number of hydrogen-bond acceptors (Lipinski definition) is 4. The van der Waals surface area contributed by atoms with Gasteiger partial charge in [0.05, 0.1) is 12.2 Å². The molecule has 4 aromatic rings. The summed E-state index contributed by atoms with van der Waals surface area (Å²) in [7, 11) is 0. The Morgan fingerprint density at radius 2 is 1.51 bits per heavy atom. The first-order valence-electron chi connectivity index (χ1n) is 11.5. The first-order chi connectivity index (χ1) is 16.7. The minimum absolute atomic E-state index is 0.0206. The molecule has 5 nitrogen and oxygen atoms in total. The highest BCUT2D eigenvalue weighted by atomic mass is 32.1. The lowest BCUT2D eigenvalue weighted by atomic mass is 9.87. The Morgan fingerprint density at radius 1 is 0.857 bits per heavy atom. The molecule has 0 fully saturated rings. The molecule has 2 N–H and O–H groups in total. The molecule has 0 radical (unpaired) electrons. The minimum atomic E-state index is -0.284. The summed E-state index contributed by atoms with van der Waals surface area (Å²) in [4.78, 5) is 30.7. The predicted octanol–water partition coefficient (Wildman–Crippen LogP) is 6.45. The van der Waals surface area contributed by atoms with Gasteiger partial charge in [0.1, 0.15) is 5.01 Å². The van der Waals surface area contributed by atoms with Gasteiger partial charge < -0.3 is 10.6 Å². The number of anilines is 1. The van der Waals surface area contributed by atoms with E-state index in [0.29, 0.717) is 11.3 Å². The van der Waals surface area contributed by atoms with Crippen LogP contribution in [0.5, 0.6) is 0 Å². The SMILES string of the molecule is Cc1sc(-c2ccccc2)nc1-c1ccc(NC(=O)CNC(=O)c2ccc(C(C)(C)C)cc2)cc1. The second-order valence-corrected chi connectivity index (χ2v) is 10.6. The number of carbonyl (C=O) groups is 2. The van der Waals surface area contributed by atoms with Crippen LogP contribution in [0.2, 0.25) is 0 Å². The van der Waals surface area contributed by atoms with Crippen LogP contribution in [-0.4, -0.2) is 23.3 Å². The number of carbonyl (C=O) groups excluding carboxylic acids is 2. The highest BCUT2D eigenvalue weighted by Crippen LogP contribution is 2.33. The Hall–Kier alpha value is -3.77. The van der Waals surface area contributed by atoms with Crippen molar-refractivity contribution in [2.75, 3.05) is 11.9 Å². The maximum Gasteiger partial charge on any atom is 0.251 e. The van der Waals surface area contributed by atoms with Gasteiger partial charge in [-0.2, -0.15) is 0 Å². The van der Waals surface area contributed by atoms with E-state index in [1.165, 1.54) is 0 Å². The smallest absolute Gasteiger partial charge is 0.251 e. The molecule has 0 saturated carbocycles. The number of nitrogens with one attached hydrogen (secondary N) is 2. The topological polar surface area (TPSA) is 71.1 Å². The molecule has 0 atom stereocenters. The van der Waals surface area contributed by atoms with Gasteiger partial charge in [0, 0.05) is 27.3 Å². The second-order valence-electron chi connectivity index (χ2n) is 9.43. The van der Waals surface area contributed by atoms with E-state index < -0.39 is 0 Å². The zero-order valence-corrected chi connectivity index (χ0v) is 21.2. The lowest BCUT2D eigenvalue weighted by Gasteiger charge is -2.19. The third-order valence-electron chi connectivity index (χ3n) is 5.68. The molecule has 1 heterocycles. The number of thiazole rings is 1. The zero-order chi connectivity index (χ0) is 25.0. The summed E-state index contributed by atoms with van der Waals surface area (Å²) in [6, 6.07) is 25.2. The summed E-state index contributed by atoms with van der Waals surface area (Å²) in [6.45, 7) is 8.33. The van der Waals surface area contributed by atoms with E-state index in [1.807, 2.05) is 54.6 Å². The summed E-state index contributed by atoms with van der Waals surface area (Å²) in [5.41, 5.74) is 5.40. The molecular weight excluding hydrogens is 454 g/mol. The van der Waals surface area contributed by atoms with Crippen molar-refractivity contribution in [3.63, 3.8) is 0 Å². The highest BCUT2D eigenvalue weighted by Gasteiger charge is 2.15. The molecule has 0 aliphatic heterocycles. The second kappa shape index (κ2) is 10.2. The van der Waals surface area contributed by atoms with Gasteiger partial charge in [-0.15, -0.1) is 11.3 Å². The van der Waals surface area contributed by atoms with Gasteiger partial charge >= 0.3 is 0 Å². The van der Waals surface area contributed by atoms with Gasteiger partial charge in [0.15, 0.2) is 0 Å². The molecule has 178 valence electrons. The van der Waals surface area contributed by atoms with Gasteiger partial charge in [0.2, 0.25) is 5.91 Å². The molecule has 2 amide bonds. The monoisotopic (exact) mass is 483 g/mol. The summed E-state index contributed by atoms with van der Waals surface area (Å²) >= 11 is 1.67. The third-order valence-corrected chi connectivity index (χ3v) is 6.70. The fraction of sp³-hybridized carbons (Fsp3) is 0.207. The molecule has 0 saturated heterocycles. The van der Waals surface area contributed by atoms with E-state index >= 15 is 0 Å². The van der Waals surface area contributed by atoms with Crippen LogP contribution in [0.15, 0.2) is 78.9 Å². The van der Waals surface area contributed by atoms with Gasteiger partial charge in [-0.25, -0.2) is 4.98 Å². The molecule has 0 aliphatic carbocycles. The van der Waals surface area contributed by atoms with Gasteiger partial charge in [-0.05, 0) is 42.2 Å². The Kier molecular flexibility index (Phi) is 7.12. The fourth-order valence-corrected chi connectivity index (χ4v) is 4.61. The van der Waals surface area contributed by atoms with Crippen LogP contribution in [0.3, 0.4) is 0 Å². The summed E-state index contributed by atoms with van der Waals surface area (Å²) in [6.07, 6.45) is 0. The molecule has 4 rings (SSSR count). The summed E-state index contributed by atoms with van der Waals surface area (Å²) in [5.74, 6) is -0.558. The van der Waals surface area contributed by atoms with Crippen molar-refractivity contribution in [1.82, 2.24) is 10.3 Å². The molecule has 0 aliphatic rings. The number of aromatic nitrogens is 1. The third kappa shape index (κ3) is 6.03. The molecule has 0 spiro atoms. The van der Waals surface area contributed by atoms with E-state index in [1.54, 1.807) is 23.5 Å². The largest absolute Gasteiger partial charge is 0.343 e. The van der Waals surface area contributed by atoms with Crippen LogP contribution < -0.4 is 10.6 Å². The van der Waals surface area contributed by atoms with E-state index in [0.717, 1.165) is 32.3 Å². The lowest BCUT2D eigenvalue weighted by Crippen LogP contribution is -2.32. The number of rotatable bonds is 6. The predicted molar refractivity (Wildman–Crippen MR) is 144 cm³/mol. The van der Waals surface area contributed by atoms with Crippen LogP contribution in [0.4, 0.5) is 5.69 Å². The molecule has 3 aromatic carbocycles. The quantitative estimate of drug-likeness (QED) is 0.331. The van der Waals surface area contributed by atoms with Crippen molar-refractivity contribution in [1.29, 1.82) is 0 Å². The first-order valence-corrected chi connectivity index (χ1v) is 12.3. The van der Waals surface area contributed by atoms with Crippen LogP contribution in [-0.2, 0) is 10.2 Å². The summed E-state index contributed by atoms with van der Waals surface area (Å²) < 4.78 is 0. The van der Waals surface area contributed by atoms with Gasteiger partial charge in [-0.1, -0.05) is 75.4 Å². The molecule has 1 aromatic heterocycles. The Labute approximate surface area is 210 Å². The van der Waals surface area contributed by atoms with Crippen molar-refractivity contribution in [3.05, 3.63) is 94.9 Å². The number of aryl methyl sites for hydroxylation is 1. The minimum Gasteiger partial charge on any atom is -0.343 e. The van der Waals surface area contributed by atoms with Crippen LogP contribution in [0.25, 0.3) is 21.8 Å². The number of hydrogen-bond donors (Lipinski definition) is 2. The average molecular weight is 484 g/mol. The van der Waals surface area contributed by atoms with Gasteiger partial charge in [0.25, 0.3) is 5.91 Å². The number of benzene rings is 3. The molecule has 35 heavy (non-hydrogen) atoms. The average Bonchev–Trinajstić information content (AvgIpc) is 3.24. The molecule has 0 bridgehead atoms. The van der Waals surface area contributed by atoms with E-state index in [9.17, 15) is 9.59 Å². The van der Waals surface area contributed by atoms with Crippen molar-refractivity contribution in [3.8, 4) is 21.8 Å². The number of nitrogens with zero attached hydrogens (tertiary/aromatic N) is 1. The van der Waals surface area contributed by atoms with Crippen molar-refractivity contribution in [2.24, 2.45) is 0 Å². The van der Waals surface area contributed by atoms with E-state index in [-0.39, 0.29) is 23.8 Å². The maximum atomic E-state index is 12.4. The first kappa shape index (κ1) is 24.4.